The molecule has 0 aliphatic heterocycles. The van der Waals surface area contributed by atoms with Gasteiger partial charge < -0.3 is 5.73 Å². The molecule has 0 radical (unpaired) electrons. The third kappa shape index (κ3) is 3.53. The van der Waals surface area contributed by atoms with Gasteiger partial charge in [0.15, 0.2) is 0 Å². The first-order valence-electron chi connectivity index (χ1n) is 4.66. The fourth-order valence-corrected chi connectivity index (χ4v) is 1.76. The average Bonchev–Trinajstić information content (AvgIpc) is 2.18. The van der Waals surface area contributed by atoms with Crippen LogP contribution in [0.15, 0.2) is 28.7 Å². The van der Waals surface area contributed by atoms with Crippen molar-refractivity contribution in [3.05, 3.63) is 34.3 Å². The van der Waals surface area contributed by atoms with E-state index in [9.17, 15) is 0 Å². The summed E-state index contributed by atoms with van der Waals surface area (Å²) in [7, 11) is 0. The fourth-order valence-electron chi connectivity index (χ4n) is 1.32. The average molecular weight is 252 g/mol. The molecule has 1 rings (SSSR count). The van der Waals surface area contributed by atoms with Crippen LogP contribution in [-0.4, -0.2) is 6.04 Å². The summed E-state index contributed by atoms with van der Waals surface area (Å²) >= 11 is 3.50. The molecule has 2 heteroatoms. The van der Waals surface area contributed by atoms with E-state index in [0.29, 0.717) is 0 Å². The molecule has 74 valence electrons. The molecule has 0 saturated heterocycles. The molecule has 1 nitrogen and oxygen atoms in total. The highest BCUT2D eigenvalue weighted by Crippen LogP contribution is 2.17. The van der Waals surface area contributed by atoms with Crippen LogP contribution in [0.2, 0.25) is 0 Å². The van der Waals surface area contributed by atoms with Crippen LogP contribution in [0, 0.1) is 12.3 Å². The summed E-state index contributed by atoms with van der Waals surface area (Å²) in [4.78, 5) is 0. The Morgan fingerprint density at radius 3 is 2.79 bits per heavy atom. The predicted octanol–water partition coefficient (Wildman–Crippen LogP) is 2.73. The SMILES string of the molecule is C#CCCC(N)Cc1ccccc1Br. The molecule has 0 saturated carbocycles. The van der Waals surface area contributed by atoms with E-state index in [1.807, 2.05) is 18.2 Å². The molecule has 0 amide bonds. The van der Waals surface area contributed by atoms with Gasteiger partial charge in [-0.15, -0.1) is 12.3 Å². The lowest BCUT2D eigenvalue weighted by Crippen LogP contribution is -2.22. The quantitative estimate of drug-likeness (QED) is 0.819. The Kier molecular flexibility index (Phi) is 4.72. The van der Waals surface area contributed by atoms with Crippen LogP contribution in [0.5, 0.6) is 0 Å². The van der Waals surface area contributed by atoms with E-state index in [1.54, 1.807) is 0 Å². The summed E-state index contributed by atoms with van der Waals surface area (Å²) in [6.45, 7) is 0. The van der Waals surface area contributed by atoms with Crippen LogP contribution >= 0.6 is 15.9 Å². The number of benzene rings is 1. The monoisotopic (exact) mass is 251 g/mol. The van der Waals surface area contributed by atoms with Crippen LogP contribution in [0.25, 0.3) is 0 Å². The molecule has 1 aromatic rings. The van der Waals surface area contributed by atoms with Crippen LogP contribution in [0.1, 0.15) is 18.4 Å². The molecule has 0 spiro atoms. The zero-order chi connectivity index (χ0) is 10.4. The Labute approximate surface area is 93.8 Å². The van der Waals surface area contributed by atoms with Gasteiger partial charge in [-0.05, 0) is 24.5 Å². The van der Waals surface area contributed by atoms with E-state index in [-0.39, 0.29) is 6.04 Å². The van der Waals surface area contributed by atoms with E-state index < -0.39 is 0 Å². The lowest BCUT2D eigenvalue weighted by atomic mass is 10.0. The van der Waals surface area contributed by atoms with Crippen molar-refractivity contribution in [2.75, 3.05) is 0 Å². The molecule has 1 atom stereocenters. The lowest BCUT2D eigenvalue weighted by molar-refractivity contribution is 0.622. The van der Waals surface area contributed by atoms with E-state index in [4.69, 9.17) is 12.2 Å². The molecule has 0 aromatic heterocycles. The van der Waals surface area contributed by atoms with E-state index in [0.717, 1.165) is 23.7 Å². The highest BCUT2D eigenvalue weighted by molar-refractivity contribution is 9.10. The smallest absolute Gasteiger partial charge is 0.0207 e. The van der Waals surface area contributed by atoms with Gasteiger partial charge in [-0.3, -0.25) is 0 Å². The minimum absolute atomic E-state index is 0.157. The first-order chi connectivity index (χ1) is 6.74. The standard InChI is InChI=1S/C12H14BrN/c1-2-3-7-11(14)9-10-6-4-5-8-12(10)13/h1,4-6,8,11H,3,7,9,14H2. The van der Waals surface area contributed by atoms with Crippen LogP contribution in [-0.2, 0) is 6.42 Å². The minimum Gasteiger partial charge on any atom is -0.327 e. The summed E-state index contributed by atoms with van der Waals surface area (Å²) < 4.78 is 1.12. The molecular formula is C12H14BrN. The zero-order valence-electron chi connectivity index (χ0n) is 8.04. The summed E-state index contributed by atoms with van der Waals surface area (Å²) in [5, 5.41) is 0. The van der Waals surface area contributed by atoms with Crippen LogP contribution < -0.4 is 5.73 Å². The van der Waals surface area contributed by atoms with Gasteiger partial charge in [-0.2, -0.15) is 0 Å². The van der Waals surface area contributed by atoms with Gasteiger partial charge in [0.05, 0.1) is 0 Å². The second-order valence-electron chi connectivity index (χ2n) is 3.30. The predicted molar refractivity (Wildman–Crippen MR) is 63.9 cm³/mol. The Morgan fingerprint density at radius 2 is 2.14 bits per heavy atom. The molecule has 0 fully saturated rings. The summed E-state index contributed by atoms with van der Waals surface area (Å²) in [5.74, 6) is 2.61. The van der Waals surface area contributed by atoms with E-state index in [1.165, 1.54) is 5.56 Å². The van der Waals surface area contributed by atoms with Crippen molar-refractivity contribution in [1.29, 1.82) is 0 Å². The number of hydrogen-bond donors (Lipinski definition) is 1. The first-order valence-corrected chi connectivity index (χ1v) is 5.45. The third-order valence-corrected chi connectivity index (χ3v) is 2.87. The molecule has 1 aromatic carbocycles. The van der Waals surface area contributed by atoms with E-state index >= 15 is 0 Å². The van der Waals surface area contributed by atoms with Gasteiger partial charge >= 0.3 is 0 Å². The maximum Gasteiger partial charge on any atom is 0.0207 e. The maximum atomic E-state index is 5.94. The summed E-state index contributed by atoms with van der Waals surface area (Å²) in [5.41, 5.74) is 7.19. The highest BCUT2D eigenvalue weighted by Gasteiger charge is 2.05. The molecule has 14 heavy (non-hydrogen) atoms. The number of nitrogens with two attached hydrogens (primary N) is 1. The Bertz CT molecular complexity index is 327. The van der Waals surface area contributed by atoms with Crippen molar-refractivity contribution in [2.45, 2.75) is 25.3 Å². The molecule has 0 aliphatic rings. The molecule has 0 bridgehead atoms. The van der Waals surface area contributed by atoms with Crippen molar-refractivity contribution in [1.82, 2.24) is 0 Å². The van der Waals surface area contributed by atoms with Crippen molar-refractivity contribution < 1.29 is 0 Å². The third-order valence-electron chi connectivity index (χ3n) is 2.10. The van der Waals surface area contributed by atoms with Gasteiger partial charge in [0.1, 0.15) is 0 Å². The minimum atomic E-state index is 0.157. The highest BCUT2D eigenvalue weighted by atomic mass is 79.9. The molecule has 1 unspecified atom stereocenters. The Balaban J connectivity index is 2.52. The first kappa shape index (κ1) is 11.3. The van der Waals surface area contributed by atoms with Crippen molar-refractivity contribution in [3.63, 3.8) is 0 Å². The summed E-state index contributed by atoms with van der Waals surface area (Å²) in [6.07, 6.45) is 7.71. The van der Waals surface area contributed by atoms with E-state index in [2.05, 4.69) is 27.9 Å². The van der Waals surface area contributed by atoms with Gasteiger partial charge in [0.25, 0.3) is 0 Å². The number of rotatable bonds is 4. The number of hydrogen-bond acceptors (Lipinski definition) is 1. The number of terminal acetylenes is 1. The van der Waals surface area contributed by atoms with Crippen LogP contribution in [0.3, 0.4) is 0 Å². The molecule has 0 aliphatic carbocycles. The fraction of sp³-hybridized carbons (Fsp3) is 0.333. The number of halogens is 1. The van der Waals surface area contributed by atoms with Gasteiger partial charge in [0.2, 0.25) is 0 Å². The topological polar surface area (TPSA) is 26.0 Å². The van der Waals surface area contributed by atoms with Crippen LogP contribution in [0.4, 0.5) is 0 Å². The second-order valence-corrected chi connectivity index (χ2v) is 4.15. The maximum absolute atomic E-state index is 5.94. The molecular weight excluding hydrogens is 238 g/mol. The molecule has 0 heterocycles. The van der Waals surface area contributed by atoms with Gasteiger partial charge in [-0.25, -0.2) is 0 Å². The summed E-state index contributed by atoms with van der Waals surface area (Å²) in [6, 6.07) is 8.29. The largest absolute Gasteiger partial charge is 0.327 e. The zero-order valence-corrected chi connectivity index (χ0v) is 9.63. The van der Waals surface area contributed by atoms with Crippen molar-refractivity contribution in [2.24, 2.45) is 5.73 Å². The van der Waals surface area contributed by atoms with Crippen molar-refractivity contribution in [3.8, 4) is 12.3 Å². The molecule has 2 N–H and O–H groups in total. The van der Waals surface area contributed by atoms with Crippen molar-refractivity contribution >= 4 is 15.9 Å². The Hall–Kier alpha value is -0.780. The Morgan fingerprint density at radius 1 is 1.43 bits per heavy atom. The van der Waals surface area contributed by atoms with Gasteiger partial charge in [0, 0.05) is 16.9 Å². The normalized spacial score (nSPS) is 12.1. The second kappa shape index (κ2) is 5.85. The lowest BCUT2D eigenvalue weighted by Gasteiger charge is -2.10. The van der Waals surface area contributed by atoms with Gasteiger partial charge in [-0.1, -0.05) is 34.1 Å².